The lowest BCUT2D eigenvalue weighted by Gasteiger charge is -2.05. The van der Waals surface area contributed by atoms with E-state index >= 15 is 0 Å². The Morgan fingerprint density at radius 3 is 2.20 bits per heavy atom. The molecule has 0 saturated carbocycles. The number of hydrogen-bond acceptors (Lipinski definition) is 3. The Labute approximate surface area is 87.1 Å². The number of aromatic carboxylic acids is 1. The summed E-state index contributed by atoms with van der Waals surface area (Å²) in [7, 11) is -2.28. The molecule has 1 rings (SSSR count). The monoisotopic (exact) mass is 230 g/mol. The highest BCUT2D eigenvalue weighted by Crippen LogP contribution is 2.10. The van der Waals surface area contributed by atoms with Gasteiger partial charge < -0.3 is 5.11 Å². The van der Waals surface area contributed by atoms with Gasteiger partial charge in [-0.1, -0.05) is 0 Å². The van der Waals surface area contributed by atoms with Gasteiger partial charge in [0, 0.05) is 12.7 Å². The first kappa shape index (κ1) is 11.5. The molecule has 0 atom stereocenters. The van der Waals surface area contributed by atoms with Gasteiger partial charge in [-0.2, -0.15) is 8.42 Å². The van der Waals surface area contributed by atoms with E-state index in [1.165, 1.54) is 31.3 Å². The summed E-state index contributed by atoms with van der Waals surface area (Å²) in [4.78, 5) is 10.5. The van der Waals surface area contributed by atoms with Crippen LogP contribution in [0, 0.1) is 0 Å². The molecule has 0 radical (unpaired) electrons. The van der Waals surface area contributed by atoms with E-state index in [0.717, 1.165) is 0 Å². The number of rotatable bonds is 4. The molecule has 0 aromatic heterocycles. The second kappa shape index (κ2) is 4.28. The van der Waals surface area contributed by atoms with Crippen LogP contribution in [0.4, 0.5) is 5.69 Å². The van der Waals surface area contributed by atoms with Crippen molar-refractivity contribution in [1.29, 1.82) is 0 Å². The SMILES string of the molecule is CNS(=O)(=O)Nc1ccc(C(=O)O)cc1. The Morgan fingerprint density at radius 1 is 1.27 bits per heavy atom. The van der Waals surface area contributed by atoms with Crippen molar-refractivity contribution in [1.82, 2.24) is 4.72 Å². The predicted molar refractivity (Wildman–Crippen MR) is 55.0 cm³/mol. The van der Waals surface area contributed by atoms with Gasteiger partial charge in [-0.25, -0.2) is 9.52 Å². The minimum absolute atomic E-state index is 0.0994. The quantitative estimate of drug-likeness (QED) is 0.691. The van der Waals surface area contributed by atoms with Crippen molar-refractivity contribution >= 4 is 21.9 Å². The molecule has 0 aliphatic carbocycles. The Balaban J connectivity index is 2.86. The molecular formula is C8H10N2O4S. The summed E-state index contributed by atoms with van der Waals surface area (Å²) in [6.45, 7) is 0. The maximum atomic E-state index is 11.0. The number of anilines is 1. The fraction of sp³-hybridized carbons (Fsp3) is 0.125. The zero-order valence-electron chi connectivity index (χ0n) is 7.89. The van der Waals surface area contributed by atoms with Crippen LogP contribution in [0.2, 0.25) is 0 Å². The minimum Gasteiger partial charge on any atom is -0.478 e. The first-order chi connectivity index (χ1) is 6.94. The van der Waals surface area contributed by atoms with Crippen LogP contribution in [0.25, 0.3) is 0 Å². The number of benzene rings is 1. The van der Waals surface area contributed by atoms with Crippen molar-refractivity contribution in [3.8, 4) is 0 Å². The van der Waals surface area contributed by atoms with Gasteiger partial charge in [0.25, 0.3) is 10.2 Å². The first-order valence-electron chi connectivity index (χ1n) is 3.99. The van der Waals surface area contributed by atoms with E-state index in [0.29, 0.717) is 5.69 Å². The molecule has 0 aliphatic rings. The van der Waals surface area contributed by atoms with Crippen LogP contribution in [-0.2, 0) is 10.2 Å². The zero-order valence-corrected chi connectivity index (χ0v) is 8.71. The van der Waals surface area contributed by atoms with Gasteiger partial charge in [-0.15, -0.1) is 0 Å². The average molecular weight is 230 g/mol. The van der Waals surface area contributed by atoms with E-state index < -0.39 is 16.2 Å². The van der Waals surface area contributed by atoms with Gasteiger partial charge in [0.05, 0.1) is 5.56 Å². The highest BCUT2D eigenvalue weighted by molar-refractivity contribution is 7.90. The van der Waals surface area contributed by atoms with E-state index in [9.17, 15) is 13.2 Å². The van der Waals surface area contributed by atoms with Crippen LogP contribution in [0.3, 0.4) is 0 Å². The molecule has 15 heavy (non-hydrogen) atoms. The molecule has 0 aliphatic heterocycles. The summed E-state index contributed by atoms with van der Waals surface area (Å²) in [5.74, 6) is -1.06. The van der Waals surface area contributed by atoms with Gasteiger partial charge in [0.2, 0.25) is 0 Å². The van der Waals surface area contributed by atoms with Gasteiger partial charge in [-0.05, 0) is 24.3 Å². The Bertz CT molecular complexity index is 452. The highest BCUT2D eigenvalue weighted by atomic mass is 32.2. The van der Waals surface area contributed by atoms with Crippen LogP contribution in [0.5, 0.6) is 0 Å². The topological polar surface area (TPSA) is 95.5 Å². The summed E-state index contributed by atoms with van der Waals surface area (Å²) in [5.41, 5.74) is 0.400. The molecule has 3 N–H and O–H groups in total. The van der Waals surface area contributed by atoms with Gasteiger partial charge in [0.1, 0.15) is 0 Å². The summed E-state index contributed by atoms with van der Waals surface area (Å²) in [5, 5.41) is 8.60. The molecule has 0 saturated heterocycles. The second-order valence-corrected chi connectivity index (χ2v) is 4.31. The van der Waals surface area contributed by atoms with E-state index in [1.54, 1.807) is 0 Å². The minimum atomic E-state index is -3.55. The van der Waals surface area contributed by atoms with Crippen molar-refractivity contribution < 1.29 is 18.3 Å². The van der Waals surface area contributed by atoms with Crippen molar-refractivity contribution in [2.24, 2.45) is 0 Å². The van der Waals surface area contributed by atoms with Gasteiger partial charge in [-0.3, -0.25) is 4.72 Å². The van der Waals surface area contributed by atoms with Crippen molar-refractivity contribution in [2.75, 3.05) is 11.8 Å². The molecule has 0 heterocycles. The number of nitrogens with one attached hydrogen (secondary N) is 2. The molecule has 0 unspecified atom stereocenters. The Kier molecular flexibility index (Phi) is 3.28. The molecule has 82 valence electrons. The third-order valence-corrected chi connectivity index (χ3v) is 2.69. The summed E-state index contributed by atoms with van der Waals surface area (Å²) < 4.78 is 26.4. The summed E-state index contributed by atoms with van der Waals surface area (Å²) in [6.07, 6.45) is 0. The Morgan fingerprint density at radius 2 is 1.80 bits per heavy atom. The highest BCUT2D eigenvalue weighted by Gasteiger charge is 2.07. The zero-order chi connectivity index (χ0) is 11.5. The van der Waals surface area contributed by atoms with E-state index in [-0.39, 0.29) is 5.56 Å². The first-order valence-corrected chi connectivity index (χ1v) is 5.47. The van der Waals surface area contributed by atoms with Crippen LogP contribution < -0.4 is 9.44 Å². The molecule has 0 fully saturated rings. The molecule has 0 bridgehead atoms. The molecule has 7 heteroatoms. The van der Waals surface area contributed by atoms with Crippen molar-refractivity contribution in [3.63, 3.8) is 0 Å². The fourth-order valence-corrected chi connectivity index (χ4v) is 1.44. The summed E-state index contributed by atoms with van der Waals surface area (Å²) in [6, 6.07) is 5.38. The smallest absolute Gasteiger partial charge is 0.335 e. The maximum Gasteiger partial charge on any atom is 0.335 e. The molecule has 6 nitrogen and oxygen atoms in total. The summed E-state index contributed by atoms with van der Waals surface area (Å²) >= 11 is 0. The lowest BCUT2D eigenvalue weighted by Crippen LogP contribution is -2.26. The van der Waals surface area contributed by atoms with E-state index in [1.807, 2.05) is 0 Å². The van der Waals surface area contributed by atoms with Crippen molar-refractivity contribution in [2.45, 2.75) is 0 Å². The van der Waals surface area contributed by atoms with Gasteiger partial charge >= 0.3 is 5.97 Å². The van der Waals surface area contributed by atoms with Gasteiger partial charge in [0.15, 0.2) is 0 Å². The molecule has 1 aromatic carbocycles. The largest absolute Gasteiger partial charge is 0.478 e. The van der Waals surface area contributed by atoms with E-state index in [4.69, 9.17) is 5.11 Å². The number of carboxylic acids is 1. The number of hydrogen-bond donors (Lipinski definition) is 3. The Hall–Kier alpha value is -1.60. The van der Waals surface area contributed by atoms with Crippen LogP contribution in [0.1, 0.15) is 10.4 Å². The fourth-order valence-electron chi connectivity index (χ4n) is 0.887. The van der Waals surface area contributed by atoms with Crippen LogP contribution >= 0.6 is 0 Å². The predicted octanol–water partition coefficient (Wildman–Crippen LogP) is 0.261. The lowest BCUT2D eigenvalue weighted by molar-refractivity contribution is 0.0697. The normalized spacial score (nSPS) is 11.0. The standard InChI is InChI=1S/C8H10N2O4S/c1-9-15(13,14)10-7-4-2-6(3-5-7)8(11)12/h2-5,9-10H,1H3,(H,11,12). The lowest BCUT2D eigenvalue weighted by atomic mass is 10.2. The third kappa shape index (κ3) is 3.22. The molecule has 0 spiro atoms. The third-order valence-electron chi connectivity index (χ3n) is 1.65. The van der Waals surface area contributed by atoms with Crippen LogP contribution in [0.15, 0.2) is 24.3 Å². The number of carboxylic acid groups (broad SMARTS) is 1. The van der Waals surface area contributed by atoms with E-state index in [2.05, 4.69) is 9.44 Å². The second-order valence-electron chi connectivity index (χ2n) is 2.69. The van der Waals surface area contributed by atoms with Crippen LogP contribution in [-0.4, -0.2) is 26.5 Å². The van der Waals surface area contributed by atoms with Crippen molar-refractivity contribution in [3.05, 3.63) is 29.8 Å². The maximum absolute atomic E-state index is 11.0. The molecule has 0 amide bonds. The average Bonchev–Trinajstić information content (AvgIpc) is 2.18. The molecule has 1 aromatic rings. The number of carbonyl (C=O) groups is 1. The molecular weight excluding hydrogens is 220 g/mol.